The lowest BCUT2D eigenvalue weighted by Crippen LogP contribution is -2.68. The van der Waals surface area contributed by atoms with Gasteiger partial charge < -0.3 is 24.1 Å². The van der Waals surface area contributed by atoms with Gasteiger partial charge in [-0.15, -0.1) is 6.58 Å². The Bertz CT molecular complexity index is 1220. The number of likely N-dealkylation sites (N-methyl/N-ethyl adjacent to an activating group) is 1. The molecule has 2 aliphatic heterocycles. The number of carbonyl (C=O) groups excluding carboxylic acids is 1. The second-order valence-corrected chi connectivity index (χ2v) is 11.0. The minimum Gasteiger partial charge on any atom is -0.504 e. The molecular weight excluding hydrogens is 454 g/mol. The summed E-state index contributed by atoms with van der Waals surface area (Å²) in [6.45, 7) is 5.85. The van der Waals surface area contributed by atoms with Gasteiger partial charge >= 0.3 is 0 Å². The van der Waals surface area contributed by atoms with Crippen LogP contribution in [0.2, 0.25) is 0 Å². The van der Waals surface area contributed by atoms with E-state index in [1.165, 1.54) is 11.1 Å². The number of ether oxygens (including phenoxy) is 1. The maximum atomic E-state index is 13.3. The summed E-state index contributed by atoms with van der Waals surface area (Å²) in [6.07, 6.45) is 12.2. The van der Waals surface area contributed by atoms with Crippen molar-refractivity contribution in [2.24, 2.45) is 5.92 Å². The third-order valence-electron chi connectivity index (χ3n) is 9.16. The highest BCUT2D eigenvalue weighted by Crippen LogP contribution is 2.65. The van der Waals surface area contributed by atoms with Crippen molar-refractivity contribution in [2.45, 2.75) is 49.3 Å². The van der Waals surface area contributed by atoms with Crippen LogP contribution in [-0.4, -0.2) is 73.2 Å². The molecule has 36 heavy (non-hydrogen) atoms. The standard InChI is InChI=1S/C29H35N3O4/c1-5-12-32-13-11-29-20-7-8-21(31(4)25(34)9-6-18-10-14-35-17-18)28(29)36-27-24(33)16-22(30(2)3)19(26(27)29)15-23(20)32/h5-6,9-10,14,16-17,20-21,23,28,33H,1,7-8,11-13,15H2,2-4H3/b9-6+/t20-,21-,23+,28-,29-/m0/s1. The molecule has 190 valence electrons. The van der Waals surface area contributed by atoms with E-state index in [-0.39, 0.29) is 29.2 Å². The van der Waals surface area contributed by atoms with Crippen molar-refractivity contribution >= 4 is 17.7 Å². The fourth-order valence-corrected chi connectivity index (χ4v) is 7.67. The normalized spacial score (nSPS) is 30.1. The van der Waals surface area contributed by atoms with Crippen LogP contribution in [0.5, 0.6) is 11.5 Å². The van der Waals surface area contributed by atoms with Crippen molar-refractivity contribution in [3.8, 4) is 11.5 Å². The Kier molecular flexibility index (Phi) is 5.45. The van der Waals surface area contributed by atoms with Gasteiger partial charge in [0.15, 0.2) is 11.5 Å². The summed E-state index contributed by atoms with van der Waals surface area (Å²) in [5.74, 6) is 1.22. The Balaban J connectivity index is 1.43. The first kappa shape index (κ1) is 23.2. The molecule has 2 aromatic rings. The van der Waals surface area contributed by atoms with Crippen LogP contribution in [0.15, 0.2) is 47.8 Å². The summed E-state index contributed by atoms with van der Waals surface area (Å²) in [5, 5.41) is 11.1. The summed E-state index contributed by atoms with van der Waals surface area (Å²) in [6, 6.07) is 4.01. The van der Waals surface area contributed by atoms with Crippen molar-refractivity contribution in [1.29, 1.82) is 0 Å². The zero-order valence-corrected chi connectivity index (χ0v) is 21.3. The fourth-order valence-electron chi connectivity index (χ4n) is 7.67. The predicted octanol–water partition coefficient (Wildman–Crippen LogP) is 3.82. The van der Waals surface area contributed by atoms with Gasteiger partial charge in [0, 0.05) is 68.1 Å². The molecule has 1 N–H and O–H groups in total. The van der Waals surface area contributed by atoms with Crippen molar-refractivity contribution < 1.29 is 19.1 Å². The Hall–Kier alpha value is -3.19. The molecule has 1 saturated heterocycles. The molecule has 1 amide bonds. The number of rotatable bonds is 6. The minimum absolute atomic E-state index is 0.0505. The summed E-state index contributed by atoms with van der Waals surface area (Å²) < 4.78 is 11.9. The average Bonchev–Trinajstić information content (AvgIpc) is 3.50. The predicted molar refractivity (Wildman–Crippen MR) is 139 cm³/mol. The quantitative estimate of drug-likeness (QED) is 0.492. The van der Waals surface area contributed by atoms with Crippen molar-refractivity contribution in [3.63, 3.8) is 0 Å². The maximum absolute atomic E-state index is 13.3. The molecule has 2 bridgehead atoms. The first-order valence-corrected chi connectivity index (χ1v) is 12.9. The molecule has 1 saturated carbocycles. The molecule has 0 radical (unpaired) electrons. The molecular formula is C29H35N3O4. The van der Waals surface area contributed by atoms with E-state index in [0.717, 1.165) is 50.0 Å². The lowest BCUT2D eigenvalue weighted by molar-refractivity contribution is -0.135. The van der Waals surface area contributed by atoms with Gasteiger partial charge in [0.2, 0.25) is 5.91 Å². The summed E-state index contributed by atoms with van der Waals surface area (Å²) >= 11 is 0. The number of furan rings is 1. The van der Waals surface area contributed by atoms with E-state index in [1.807, 2.05) is 44.3 Å². The highest BCUT2D eigenvalue weighted by atomic mass is 16.5. The van der Waals surface area contributed by atoms with Gasteiger partial charge in [0.25, 0.3) is 0 Å². The molecule has 1 aromatic heterocycles. The van der Waals surface area contributed by atoms with Gasteiger partial charge in [-0.1, -0.05) is 6.08 Å². The second-order valence-electron chi connectivity index (χ2n) is 11.0. The number of benzene rings is 1. The SMILES string of the molecule is C=CCN1CC[C@]23c4c5c(N(C)C)cc(O)c4O[C@H]2[C@@H](N(C)C(=O)/C=C/c2ccoc2)CC[C@H]3[C@H]1C5. The Labute approximate surface area is 212 Å². The zero-order chi connectivity index (χ0) is 25.2. The van der Waals surface area contributed by atoms with Crippen LogP contribution >= 0.6 is 0 Å². The van der Waals surface area contributed by atoms with E-state index < -0.39 is 0 Å². The molecule has 4 aliphatic rings. The van der Waals surface area contributed by atoms with Crippen LogP contribution in [-0.2, 0) is 16.6 Å². The van der Waals surface area contributed by atoms with Gasteiger partial charge in [-0.2, -0.15) is 0 Å². The summed E-state index contributed by atoms with van der Waals surface area (Å²) in [7, 11) is 5.96. The summed E-state index contributed by atoms with van der Waals surface area (Å²) in [5.41, 5.74) is 4.21. The number of aromatic hydroxyl groups is 1. The van der Waals surface area contributed by atoms with Gasteiger partial charge in [-0.05, 0) is 55.9 Å². The third kappa shape index (κ3) is 3.18. The first-order chi connectivity index (χ1) is 17.4. The highest BCUT2D eigenvalue weighted by Gasteiger charge is 2.66. The second kappa shape index (κ2) is 8.44. The molecule has 7 nitrogen and oxygen atoms in total. The van der Waals surface area contributed by atoms with Crippen LogP contribution in [0.1, 0.15) is 36.0 Å². The number of anilines is 1. The minimum atomic E-state index is -0.208. The smallest absolute Gasteiger partial charge is 0.246 e. The van der Waals surface area contributed by atoms with E-state index in [1.54, 1.807) is 24.7 Å². The lowest BCUT2D eigenvalue weighted by atomic mass is 9.50. The van der Waals surface area contributed by atoms with E-state index in [4.69, 9.17) is 9.15 Å². The first-order valence-electron chi connectivity index (χ1n) is 12.9. The monoisotopic (exact) mass is 489 g/mol. The number of piperidine rings is 1. The largest absolute Gasteiger partial charge is 0.504 e. The number of carbonyl (C=O) groups is 1. The number of hydrogen-bond donors (Lipinski definition) is 1. The molecule has 2 aliphatic carbocycles. The van der Waals surface area contributed by atoms with E-state index in [2.05, 4.69) is 16.4 Å². The average molecular weight is 490 g/mol. The van der Waals surface area contributed by atoms with Crippen LogP contribution in [0.4, 0.5) is 5.69 Å². The summed E-state index contributed by atoms with van der Waals surface area (Å²) in [4.78, 5) is 19.8. The number of amides is 1. The number of phenols is 1. The highest BCUT2D eigenvalue weighted by molar-refractivity contribution is 5.92. The molecule has 6 rings (SSSR count). The zero-order valence-electron chi connectivity index (χ0n) is 21.3. The number of nitrogens with zero attached hydrogens (tertiary/aromatic N) is 3. The Morgan fingerprint density at radius 1 is 1.33 bits per heavy atom. The Morgan fingerprint density at radius 3 is 2.89 bits per heavy atom. The molecule has 0 unspecified atom stereocenters. The molecule has 7 heteroatoms. The molecule has 5 atom stereocenters. The van der Waals surface area contributed by atoms with Gasteiger partial charge in [-0.25, -0.2) is 0 Å². The molecule has 1 spiro atoms. The van der Waals surface area contributed by atoms with Crippen molar-refractivity contribution in [3.05, 3.63) is 60.1 Å². The fraction of sp³-hybridized carbons (Fsp3) is 0.483. The number of likely N-dealkylation sites (tertiary alicyclic amines) is 1. The number of hydrogen-bond acceptors (Lipinski definition) is 6. The van der Waals surface area contributed by atoms with Crippen LogP contribution in [0.3, 0.4) is 0 Å². The lowest BCUT2D eigenvalue weighted by Gasteiger charge is -2.60. The third-order valence-corrected chi connectivity index (χ3v) is 9.16. The van der Waals surface area contributed by atoms with Crippen molar-refractivity contribution in [2.75, 3.05) is 39.1 Å². The van der Waals surface area contributed by atoms with Gasteiger partial charge in [-0.3, -0.25) is 9.69 Å². The maximum Gasteiger partial charge on any atom is 0.246 e. The van der Waals surface area contributed by atoms with E-state index >= 15 is 0 Å². The molecule has 2 fully saturated rings. The van der Waals surface area contributed by atoms with Gasteiger partial charge in [0.1, 0.15) is 6.10 Å². The van der Waals surface area contributed by atoms with E-state index in [9.17, 15) is 9.90 Å². The number of phenolic OH excluding ortho intramolecular Hbond substituents is 1. The molecule has 3 heterocycles. The van der Waals surface area contributed by atoms with E-state index in [0.29, 0.717) is 17.7 Å². The Morgan fingerprint density at radius 2 is 2.17 bits per heavy atom. The molecule has 1 aromatic carbocycles. The topological polar surface area (TPSA) is 69.4 Å². The van der Waals surface area contributed by atoms with Crippen LogP contribution in [0.25, 0.3) is 6.08 Å². The van der Waals surface area contributed by atoms with Crippen molar-refractivity contribution in [1.82, 2.24) is 9.80 Å². The van der Waals surface area contributed by atoms with Gasteiger partial charge in [0.05, 0.1) is 18.6 Å². The van der Waals surface area contributed by atoms with Crippen LogP contribution in [0, 0.1) is 5.92 Å². The van der Waals surface area contributed by atoms with Crippen LogP contribution < -0.4 is 9.64 Å².